The van der Waals surface area contributed by atoms with Crippen LogP contribution in [0.4, 0.5) is 13.2 Å². The van der Waals surface area contributed by atoms with Gasteiger partial charge in [-0.2, -0.15) is 18.2 Å². The van der Waals surface area contributed by atoms with Crippen molar-refractivity contribution in [1.82, 2.24) is 9.55 Å². The van der Waals surface area contributed by atoms with E-state index >= 15 is 0 Å². The first-order chi connectivity index (χ1) is 14.1. The zero-order chi connectivity index (χ0) is 22.5. The van der Waals surface area contributed by atoms with E-state index in [0.717, 1.165) is 4.57 Å². The van der Waals surface area contributed by atoms with Gasteiger partial charge in [0, 0.05) is 6.07 Å². The van der Waals surface area contributed by atoms with Crippen LogP contribution < -0.4 is 10.3 Å². The van der Waals surface area contributed by atoms with E-state index in [0.29, 0.717) is 17.2 Å². The number of hydrogen-bond donors (Lipinski definition) is 0. The van der Waals surface area contributed by atoms with Gasteiger partial charge in [0.15, 0.2) is 5.69 Å². The summed E-state index contributed by atoms with van der Waals surface area (Å²) in [5.41, 5.74) is -1.38. The summed E-state index contributed by atoms with van der Waals surface area (Å²) in [7, 11) is 2.55. The number of ether oxygens (including phenoxy) is 3. The van der Waals surface area contributed by atoms with Crippen molar-refractivity contribution in [1.29, 1.82) is 0 Å². The summed E-state index contributed by atoms with van der Waals surface area (Å²) in [5.74, 6) is -0.680. The molecule has 0 atom stereocenters. The lowest BCUT2D eigenvalue weighted by Crippen LogP contribution is -2.28. The van der Waals surface area contributed by atoms with E-state index in [1.807, 2.05) is 0 Å². The van der Waals surface area contributed by atoms with E-state index in [4.69, 9.17) is 14.2 Å². The Morgan fingerprint density at radius 3 is 2.47 bits per heavy atom. The largest absolute Gasteiger partial charge is 0.503 e. The van der Waals surface area contributed by atoms with Crippen LogP contribution in [0.5, 0.6) is 6.01 Å². The molecule has 10 heteroatoms. The SMILES string of the molecule is CO/C=C(\C(=O)OC)c1ccccc1Cn1c(OC(C)C)nc(C(F)(F)F)cc1=O. The minimum atomic E-state index is -4.80. The monoisotopic (exact) mass is 426 g/mol. The van der Waals surface area contributed by atoms with Gasteiger partial charge < -0.3 is 14.2 Å². The van der Waals surface area contributed by atoms with Crippen LogP contribution in [-0.2, 0) is 27.0 Å². The third-order valence-corrected chi connectivity index (χ3v) is 3.88. The molecule has 7 nitrogen and oxygen atoms in total. The molecular formula is C20H21F3N2O5. The quantitative estimate of drug-likeness (QED) is 0.384. The molecule has 0 radical (unpaired) electrons. The van der Waals surface area contributed by atoms with Crippen LogP contribution in [0, 0.1) is 0 Å². The van der Waals surface area contributed by atoms with Crippen molar-refractivity contribution in [2.75, 3.05) is 14.2 Å². The minimum Gasteiger partial charge on any atom is -0.503 e. The summed E-state index contributed by atoms with van der Waals surface area (Å²) >= 11 is 0. The van der Waals surface area contributed by atoms with E-state index in [9.17, 15) is 22.8 Å². The number of alkyl halides is 3. The average Bonchev–Trinajstić information content (AvgIpc) is 2.67. The fraction of sp³-hybridized carbons (Fsp3) is 0.350. The van der Waals surface area contributed by atoms with Gasteiger partial charge in [-0.1, -0.05) is 24.3 Å². The Hall–Kier alpha value is -3.30. The Morgan fingerprint density at radius 2 is 1.90 bits per heavy atom. The summed E-state index contributed by atoms with van der Waals surface area (Å²) in [6.45, 7) is 3.00. The molecule has 0 aliphatic carbocycles. The number of methoxy groups -OCH3 is 2. The Kier molecular flexibility index (Phi) is 7.25. The average molecular weight is 426 g/mol. The predicted octanol–water partition coefficient (Wildman–Crippen LogP) is 3.26. The summed E-state index contributed by atoms with van der Waals surface area (Å²) in [4.78, 5) is 28.1. The molecule has 1 aromatic carbocycles. The van der Waals surface area contributed by atoms with Crippen LogP contribution >= 0.6 is 0 Å². The normalized spacial score (nSPS) is 12.1. The first kappa shape index (κ1) is 23.0. The molecule has 0 N–H and O–H groups in total. The molecule has 30 heavy (non-hydrogen) atoms. The smallest absolute Gasteiger partial charge is 0.433 e. The van der Waals surface area contributed by atoms with Crippen molar-refractivity contribution in [3.63, 3.8) is 0 Å². The number of rotatable bonds is 7. The number of benzene rings is 1. The van der Waals surface area contributed by atoms with Gasteiger partial charge in [0.05, 0.1) is 33.1 Å². The van der Waals surface area contributed by atoms with Crippen LogP contribution in [0.1, 0.15) is 30.7 Å². The topological polar surface area (TPSA) is 79.7 Å². The number of aromatic nitrogens is 2. The van der Waals surface area contributed by atoms with Crippen molar-refractivity contribution >= 4 is 11.5 Å². The molecule has 1 heterocycles. The van der Waals surface area contributed by atoms with Gasteiger partial charge in [-0.15, -0.1) is 0 Å². The van der Waals surface area contributed by atoms with Gasteiger partial charge in [0.1, 0.15) is 5.57 Å². The highest BCUT2D eigenvalue weighted by Gasteiger charge is 2.34. The summed E-state index contributed by atoms with van der Waals surface area (Å²) in [6.07, 6.45) is -4.14. The number of carbonyl (C=O) groups is 1. The predicted molar refractivity (Wildman–Crippen MR) is 102 cm³/mol. The highest BCUT2D eigenvalue weighted by molar-refractivity contribution is 6.16. The zero-order valence-electron chi connectivity index (χ0n) is 16.8. The van der Waals surface area contributed by atoms with Crippen molar-refractivity contribution in [2.45, 2.75) is 32.7 Å². The van der Waals surface area contributed by atoms with Crippen molar-refractivity contribution in [3.05, 3.63) is 63.8 Å². The maximum Gasteiger partial charge on any atom is 0.433 e. The molecule has 1 aromatic heterocycles. The molecule has 2 aromatic rings. The summed E-state index contributed by atoms with van der Waals surface area (Å²) in [6, 6.07) is 6.46. The third-order valence-electron chi connectivity index (χ3n) is 3.88. The number of carbonyl (C=O) groups excluding carboxylic acids is 1. The highest BCUT2D eigenvalue weighted by atomic mass is 19.4. The van der Waals surface area contributed by atoms with Crippen LogP contribution in [0.15, 0.2) is 41.4 Å². The molecule has 0 saturated heterocycles. The fourth-order valence-electron chi connectivity index (χ4n) is 2.62. The van der Waals surface area contributed by atoms with Gasteiger partial charge in [0.25, 0.3) is 11.6 Å². The number of hydrogen-bond acceptors (Lipinski definition) is 6. The second-order valence-corrected chi connectivity index (χ2v) is 6.43. The van der Waals surface area contributed by atoms with E-state index in [-0.39, 0.29) is 12.1 Å². The first-order valence-electron chi connectivity index (χ1n) is 8.83. The number of esters is 1. The number of nitrogens with zero attached hydrogens (tertiary/aromatic N) is 2. The maximum atomic E-state index is 13.1. The second-order valence-electron chi connectivity index (χ2n) is 6.43. The van der Waals surface area contributed by atoms with Crippen LogP contribution in [0.25, 0.3) is 5.57 Å². The molecule has 162 valence electrons. The Labute approximate surface area is 170 Å². The third kappa shape index (κ3) is 5.40. The molecular weight excluding hydrogens is 405 g/mol. The van der Waals surface area contributed by atoms with E-state index in [1.165, 1.54) is 20.5 Å². The van der Waals surface area contributed by atoms with E-state index in [2.05, 4.69) is 4.98 Å². The fourth-order valence-corrected chi connectivity index (χ4v) is 2.62. The van der Waals surface area contributed by atoms with Gasteiger partial charge >= 0.3 is 12.1 Å². The molecule has 0 spiro atoms. The minimum absolute atomic E-state index is 0.0786. The Morgan fingerprint density at radius 1 is 1.23 bits per heavy atom. The lowest BCUT2D eigenvalue weighted by molar-refractivity contribution is -0.141. The highest BCUT2D eigenvalue weighted by Crippen LogP contribution is 2.28. The number of halogens is 3. The van der Waals surface area contributed by atoms with Gasteiger partial charge in [-0.3, -0.25) is 9.36 Å². The van der Waals surface area contributed by atoms with Crippen molar-refractivity contribution in [3.8, 4) is 6.01 Å². The van der Waals surface area contributed by atoms with Crippen LogP contribution in [0.3, 0.4) is 0 Å². The first-order valence-corrected chi connectivity index (χ1v) is 8.83. The standard InChI is InChI=1S/C20H21F3N2O5/c1-12(2)30-19-24-16(20(21,22)23)9-17(26)25(19)10-13-7-5-6-8-14(13)15(11-28-3)18(27)29-4/h5-9,11-12H,10H2,1-4H3/b15-11-. The van der Waals surface area contributed by atoms with Crippen LogP contribution in [-0.4, -0.2) is 35.8 Å². The van der Waals surface area contributed by atoms with Gasteiger partial charge in [-0.25, -0.2) is 4.79 Å². The molecule has 0 fully saturated rings. The molecule has 0 amide bonds. The Bertz CT molecular complexity index is 997. The molecule has 0 aliphatic heterocycles. The van der Waals surface area contributed by atoms with Gasteiger partial charge in [-0.05, 0) is 25.0 Å². The van der Waals surface area contributed by atoms with E-state index < -0.39 is 35.5 Å². The van der Waals surface area contributed by atoms with Crippen LogP contribution in [0.2, 0.25) is 0 Å². The molecule has 0 bridgehead atoms. The summed E-state index contributed by atoms with van der Waals surface area (Å²) in [5, 5.41) is 0. The van der Waals surface area contributed by atoms with Crippen molar-refractivity contribution in [2.24, 2.45) is 0 Å². The van der Waals surface area contributed by atoms with E-state index in [1.54, 1.807) is 38.1 Å². The van der Waals surface area contributed by atoms with Gasteiger partial charge in [0.2, 0.25) is 0 Å². The maximum absolute atomic E-state index is 13.1. The second kappa shape index (κ2) is 9.47. The summed E-state index contributed by atoms with van der Waals surface area (Å²) < 4.78 is 55.3. The molecule has 2 rings (SSSR count). The lowest BCUT2D eigenvalue weighted by Gasteiger charge is -2.18. The molecule has 0 saturated carbocycles. The lowest BCUT2D eigenvalue weighted by atomic mass is 10.0. The van der Waals surface area contributed by atoms with Crippen molar-refractivity contribution < 1.29 is 32.2 Å². The molecule has 0 unspecified atom stereocenters. The Balaban J connectivity index is 2.62. The zero-order valence-corrected chi connectivity index (χ0v) is 16.8. The molecule has 0 aliphatic rings.